The van der Waals surface area contributed by atoms with Crippen molar-refractivity contribution in [2.45, 2.75) is 0 Å². The van der Waals surface area contributed by atoms with Gasteiger partial charge in [0.05, 0.1) is 0 Å². The average molecular weight is 210 g/mol. The number of benzene rings is 2. The van der Waals surface area contributed by atoms with Crippen molar-refractivity contribution in [3.63, 3.8) is 0 Å². The molecule has 0 bridgehead atoms. The molecule has 0 aromatic heterocycles. The third-order valence-electron chi connectivity index (χ3n) is 2.34. The van der Waals surface area contributed by atoms with Crippen LogP contribution in [0, 0.1) is 0 Å². The van der Waals surface area contributed by atoms with Crippen molar-refractivity contribution in [1.82, 2.24) is 0 Å². The van der Waals surface area contributed by atoms with Gasteiger partial charge in [-0.25, -0.2) is 0 Å². The van der Waals surface area contributed by atoms with Gasteiger partial charge in [-0.1, -0.05) is 36.4 Å². The highest BCUT2D eigenvalue weighted by Crippen LogP contribution is 2.11. The molecule has 2 heteroatoms. The molecule has 0 amide bonds. The number of anilines is 2. The standard InChI is InChI=1S/C14H14N2/c15-13-7-3-11(4-8-13)1-2-12-5-9-14(16)10-6-12/h1-10H,15-16H2/b2-1+. The molecule has 0 spiro atoms. The maximum absolute atomic E-state index is 5.61. The third kappa shape index (κ3) is 2.64. The van der Waals surface area contributed by atoms with Crippen molar-refractivity contribution < 1.29 is 0 Å². The molecule has 2 rings (SSSR count). The predicted octanol–water partition coefficient (Wildman–Crippen LogP) is 3.02. The summed E-state index contributed by atoms with van der Waals surface area (Å²) in [6.07, 6.45) is 4.09. The summed E-state index contributed by atoms with van der Waals surface area (Å²) in [4.78, 5) is 0. The molecule has 0 unspecified atom stereocenters. The minimum atomic E-state index is 0.782. The minimum absolute atomic E-state index is 0.782. The summed E-state index contributed by atoms with van der Waals surface area (Å²) in [6.45, 7) is 0. The molecule has 2 aromatic rings. The Labute approximate surface area is 95.2 Å². The molecule has 16 heavy (non-hydrogen) atoms. The van der Waals surface area contributed by atoms with E-state index in [1.807, 2.05) is 60.7 Å². The SMILES string of the molecule is Nc1ccc(/C=C/c2ccc(N)cc2)cc1. The highest BCUT2D eigenvalue weighted by Gasteiger charge is 1.89. The Hall–Kier alpha value is -2.22. The molecule has 0 aliphatic heterocycles. The van der Waals surface area contributed by atoms with Gasteiger partial charge in [-0.2, -0.15) is 0 Å². The molecule has 4 N–H and O–H groups in total. The van der Waals surface area contributed by atoms with E-state index >= 15 is 0 Å². The maximum Gasteiger partial charge on any atom is 0.0314 e. The normalized spacial score (nSPS) is 10.8. The van der Waals surface area contributed by atoms with Crippen LogP contribution in [0.25, 0.3) is 12.2 Å². The number of hydrogen-bond donors (Lipinski definition) is 2. The zero-order valence-corrected chi connectivity index (χ0v) is 8.93. The Morgan fingerprint density at radius 1 is 0.562 bits per heavy atom. The second-order valence-electron chi connectivity index (χ2n) is 3.67. The third-order valence-corrected chi connectivity index (χ3v) is 2.34. The number of rotatable bonds is 2. The van der Waals surface area contributed by atoms with Gasteiger partial charge in [0.25, 0.3) is 0 Å². The first-order chi connectivity index (χ1) is 7.74. The Morgan fingerprint density at radius 3 is 1.19 bits per heavy atom. The lowest BCUT2D eigenvalue weighted by Crippen LogP contribution is -1.83. The van der Waals surface area contributed by atoms with E-state index in [0.29, 0.717) is 0 Å². The molecular formula is C14H14N2. The van der Waals surface area contributed by atoms with Crippen LogP contribution < -0.4 is 11.5 Å². The summed E-state index contributed by atoms with van der Waals surface area (Å²) in [5.74, 6) is 0. The fraction of sp³-hybridized carbons (Fsp3) is 0. The Morgan fingerprint density at radius 2 is 0.875 bits per heavy atom. The molecule has 0 atom stereocenters. The van der Waals surface area contributed by atoms with Crippen LogP contribution in [0.5, 0.6) is 0 Å². The fourth-order valence-electron chi connectivity index (χ4n) is 1.41. The molecule has 2 nitrogen and oxygen atoms in total. The summed E-state index contributed by atoms with van der Waals surface area (Å²) in [6, 6.07) is 15.5. The molecule has 0 saturated heterocycles. The summed E-state index contributed by atoms with van der Waals surface area (Å²) in [5, 5.41) is 0. The summed E-state index contributed by atoms with van der Waals surface area (Å²) in [5.41, 5.74) is 15.1. The zero-order chi connectivity index (χ0) is 11.4. The lowest BCUT2D eigenvalue weighted by atomic mass is 10.1. The van der Waals surface area contributed by atoms with Crippen molar-refractivity contribution in [3.05, 3.63) is 59.7 Å². The van der Waals surface area contributed by atoms with Crippen molar-refractivity contribution in [2.24, 2.45) is 0 Å². The van der Waals surface area contributed by atoms with Crippen LogP contribution >= 0.6 is 0 Å². The van der Waals surface area contributed by atoms with Crippen LogP contribution in [0.2, 0.25) is 0 Å². The molecule has 0 aliphatic carbocycles. The quantitative estimate of drug-likeness (QED) is 0.591. The summed E-state index contributed by atoms with van der Waals surface area (Å²) < 4.78 is 0. The van der Waals surface area contributed by atoms with E-state index in [4.69, 9.17) is 11.5 Å². The van der Waals surface area contributed by atoms with Gasteiger partial charge in [0.2, 0.25) is 0 Å². The Bertz CT molecular complexity index is 434. The van der Waals surface area contributed by atoms with E-state index in [1.54, 1.807) is 0 Å². The van der Waals surface area contributed by atoms with Gasteiger partial charge in [-0.3, -0.25) is 0 Å². The van der Waals surface area contributed by atoms with E-state index < -0.39 is 0 Å². The van der Waals surface area contributed by atoms with Gasteiger partial charge in [0.1, 0.15) is 0 Å². The van der Waals surface area contributed by atoms with Gasteiger partial charge in [-0.05, 0) is 35.4 Å². The molecular weight excluding hydrogens is 196 g/mol. The maximum atomic E-state index is 5.61. The topological polar surface area (TPSA) is 52.0 Å². The zero-order valence-electron chi connectivity index (χ0n) is 8.93. The molecule has 0 radical (unpaired) electrons. The lowest BCUT2D eigenvalue weighted by Gasteiger charge is -1.96. The first-order valence-corrected chi connectivity index (χ1v) is 5.13. The van der Waals surface area contributed by atoms with E-state index in [2.05, 4.69) is 0 Å². The molecule has 80 valence electrons. The molecule has 2 aromatic carbocycles. The number of nitrogen functional groups attached to an aromatic ring is 2. The summed E-state index contributed by atoms with van der Waals surface area (Å²) >= 11 is 0. The van der Waals surface area contributed by atoms with Crippen LogP contribution in [-0.2, 0) is 0 Å². The van der Waals surface area contributed by atoms with E-state index in [9.17, 15) is 0 Å². The molecule has 0 fully saturated rings. The highest BCUT2D eigenvalue weighted by molar-refractivity contribution is 5.70. The van der Waals surface area contributed by atoms with Gasteiger partial charge in [0, 0.05) is 11.4 Å². The van der Waals surface area contributed by atoms with Crippen molar-refractivity contribution >= 4 is 23.5 Å². The van der Waals surface area contributed by atoms with Crippen LogP contribution in [-0.4, -0.2) is 0 Å². The average Bonchev–Trinajstić information content (AvgIpc) is 2.30. The van der Waals surface area contributed by atoms with Crippen molar-refractivity contribution in [2.75, 3.05) is 11.5 Å². The van der Waals surface area contributed by atoms with Crippen molar-refractivity contribution in [3.8, 4) is 0 Å². The second kappa shape index (κ2) is 4.53. The van der Waals surface area contributed by atoms with Crippen LogP contribution in [0.3, 0.4) is 0 Å². The van der Waals surface area contributed by atoms with E-state index in [0.717, 1.165) is 22.5 Å². The van der Waals surface area contributed by atoms with E-state index in [-0.39, 0.29) is 0 Å². The fourth-order valence-corrected chi connectivity index (χ4v) is 1.41. The van der Waals surface area contributed by atoms with Crippen LogP contribution in [0.15, 0.2) is 48.5 Å². The van der Waals surface area contributed by atoms with Gasteiger partial charge in [0.15, 0.2) is 0 Å². The number of hydrogen-bond acceptors (Lipinski definition) is 2. The first kappa shape index (κ1) is 10.3. The van der Waals surface area contributed by atoms with Gasteiger partial charge >= 0.3 is 0 Å². The van der Waals surface area contributed by atoms with Gasteiger partial charge in [-0.15, -0.1) is 0 Å². The molecule has 0 aliphatic rings. The summed E-state index contributed by atoms with van der Waals surface area (Å²) in [7, 11) is 0. The number of nitrogens with two attached hydrogens (primary N) is 2. The predicted molar refractivity (Wildman–Crippen MR) is 70.6 cm³/mol. The Kier molecular flexibility index (Phi) is 2.92. The minimum Gasteiger partial charge on any atom is -0.399 e. The largest absolute Gasteiger partial charge is 0.399 e. The molecule has 0 saturated carbocycles. The smallest absolute Gasteiger partial charge is 0.0314 e. The second-order valence-corrected chi connectivity index (χ2v) is 3.67. The monoisotopic (exact) mass is 210 g/mol. The first-order valence-electron chi connectivity index (χ1n) is 5.13. The van der Waals surface area contributed by atoms with Crippen molar-refractivity contribution in [1.29, 1.82) is 0 Å². The lowest BCUT2D eigenvalue weighted by molar-refractivity contribution is 1.63. The highest BCUT2D eigenvalue weighted by atomic mass is 14.5. The van der Waals surface area contributed by atoms with E-state index in [1.165, 1.54) is 0 Å². The van der Waals surface area contributed by atoms with Gasteiger partial charge < -0.3 is 11.5 Å². The molecule has 0 heterocycles. The Balaban J connectivity index is 2.15. The van der Waals surface area contributed by atoms with Crippen LogP contribution in [0.4, 0.5) is 11.4 Å². The van der Waals surface area contributed by atoms with Crippen LogP contribution in [0.1, 0.15) is 11.1 Å².